The first-order valence-corrected chi connectivity index (χ1v) is 10.3. The standard InChI is InChI=1S/C23H26N2O7/c1-3-5-13-32-21(26)15-20(23(28)31-4-2)16-9-11-18(12-10-16)24-22(27)17-7-6-8-19(14-17)25(29)30/h6-12,14,20H,3-5,13,15H2,1-2H3,(H,24,27). The highest BCUT2D eigenvalue weighted by atomic mass is 16.6. The number of nitrogens with one attached hydrogen (secondary N) is 1. The van der Waals surface area contributed by atoms with Crippen LogP contribution in [0.25, 0.3) is 0 Å². The number of nitrogens with zero attached hydrogens (tertiary/aromatic N) is 1. The van der Waals surface area contributed by atoms with Gasteiger partial charge in [-0.05, 0) is 37.1 Å². The summed E-state index contributed by atoms with van der Waals surface area (Å²) in [4.78, 5) is 47.2. The van der Waals surface area contributed by atoms with Gasteiger partial charge in [0.05, 0.1) is 30.5 Å². The van der Waals surface area contributed by atoms with Crippen molar-refractivity contribution in [3.05, 3.63) is 69.8 Å². The number of nitro benzene ring substituents is 1. The van der Waals surface area contributed by atoms with Gasteiger partial charge >= 0.3 is 11.9 Å². The Morgan fingerprint density at radius 3 is 2.41 bits per heavy atom. The molecule has 0 aliphatic heterocycles. The lowest BCUT2D eigenvalue weighted by Crippen LogP contribution is -2.21. The maximum atomic E-state index is 12.4. The zero-order valence-electron chi connectivity index (χ0n) is 18.0. The van der Waals surface area contributed by atoms with Gasteiger partial charge in [-0.25, -0.2) is 0 Å². The quantitative estimate of drug-likeness (QED) is 0.239. The molecule has 1 unspecified atom stereocenters. The van der Waals surface area contributed by atoms with Gasteiger partial charge in [0.1, 0.15) is 0 Å². The van der Waals surface area contributed by atoms with Crippen molar-refractivity contribution in [3.63, 3.8) is 0 Å². The van der Waals surface area contributed by atoms with E-state index in [9.17, 15) is 24.5 Å². The smallest absolute Gasteiger partial charge is 0.313 e. The number of esters is 2. The Morgan fingerprint density at radius 2 is 1.78 bits per heavy atom. The number of nitro groups is 1. The van der Waals surface area contributed by atoms with E-state index in [1.54, 1.807) is 31.2 Å². The molecule has 1 amide bonds. The molecule has 0 spiro atoms. The molecule has 0 saturated heterocycles. The van der Waals surface area contributed by atoms with Gasteiger partial charge in [-0.3, -0.25) is 24.5 Å². The molecule has 170 valence electrons. The second-order valence-corrected chi connectivity index (χ2v) is 6.97. The molecule has 0 fully saturated rings. The van der Waals surface area contributed by atoms with Crippen LogP contribution < -0.4 is 5.32 Å². The van der Waals surface area contributed by atoms with Crippen molar-refractivity contribution in [1.82, 2.24) is 0 Å². The van der Waals surface area contributed by atoms with E-state index in [0.29, 0.717) is 17.9 Å². The van der Waals surface area contributed by atoms with E-state index in [1.165, 1.54) is 24.3 Å². The van der Waals surface area contributed by atoms with Crippen LogP contribution in [0.3, 0.4) is 0 Å². The third kappa shape index (κ3) is 7.19. The van der Waals surface area contributed by atoms with E-state index in [1.807, 2.05) is 6.92 Å². The molecular weight excluding hydrogens is 416 g/mol. The van der Waals surface area contributed by atoms with E-state index in [4.69, 9.17) is 9.47 Å². The van der Waals surface area contributed by atoms with E-state index in [0.717, 1.165) is 12.8 Å². The average Bonchev–Trinajstić information content (AvgIpc) is 2.78. The number of anilines is 1. The molecule has 0 radical (unpaired) electrons. The molecule has 0 aromatic heterocycles. The molecule has 2 aromatic rings. The van der Waals surface area contributed by atoms with Crippen LogP contribution in [0.1, 0.15) is 54.9 Å². The van der Waals surface area contributed by atoms with Gasteiger partial charge < -0.3 is 14.8 Å². The molecule has 0 aliphatic rings. The van der Waals surface area contributed by atoms with Gasteiger partial charge in [0, 0.05) is 23.4 Å². The van der Waals surface area contributed by atoms with Gasteiger partial charge in [-0.2, -0.15) is 0 Å². The molecule has 9 heteroatoms. The summed E-state index contributed by atoms with van der Waals surface area (Å²) in [5, 5.41) is 13.5. The highest BCUT2D eigenvalue weighted by molar-refractivity contribution is 6.04. The van der Waals surface area contributed by atoms with Crippen LogP contribution in [0.4, 0.5) is 11.4 Å². The predicted molar refractivity (Wildman–Crippen MR) is 117 cm³/mol. The Kier molecular flexibility index (Phi) is 9.34. The summed E-state index contributed by atoms with van der Waals surface area (Å²) >= 11 is 0. The number of carbonyl (C=O) groups excluding carboxylic acids is 3. The first-order chi connectivity index (χ1) is 15.3. The van der Waals surface area contributed by atoms with Crippen LogP contribution >= 0.6 is 0 Å². The lowest BCUT2D eigenvalue weighted by atomic mass is 9.95. The number of unbranched alkanes of at least 4 members (excludes halogenated alkanes) is 1. The van der Waals surface area contributed by atoms with Crippen molar-refractivity contribution in [3.8, 4) is 0 Å². The Bertz CT molecular complexity index is 957. The van der Waals surface area contributed by atoms with Crippen molar-refractivity contribution >= 4 is 29.2 Å². The number of benzene rings is 2. The first-order valence-electron chi connectivity index (χ1n) is 10.3. The van der Waals surface area contributed by atoms with E-state index in [2.05, 4.69) is 5.32 Å². The van der Waals surface area contributed by atoms with Crippen LogP contribution in [0.5, 0.6) is 0 Å². The predicted octanol–water partition coefficient (Wildman–Crippen LogP) is 4.23. The van der Waals surface area contributed by atoms with Gasteiger partial charge in [-0.15, -0.1) is 0 Å². The molecule has 0 bridgehead atoms. The second-order valence-electron chi connectivity index (χ2n) is 6.97. The minimum Gasteiger partial charge on any atom is -0.466 e. The third-order valence-electron chi connectivity index (χ3n) is 4.59. The molecule has 1 atom stereocenters. The Morgan fingerprint density at radius 1 is 1.06 bits per heavy atom. The normalized spacial score (nSPS) is 11.3. The number of ether oxygens (including phenoxy) is 2. The SMILES string of the molecule is CCCCOC(=O)CC(C(=O)OCC)c1ccc(NC(=O)c2cccc([N+](=O)[O-])c2)cc1. The molecule has 0 heterocycles. The summed E-state index contributed by atoms with van der Waals surface area (Å²) in [7, 11) is 0. The maximum absolute atomic E-state index is 12.4. The van der Waals surface area contributed by atoms with Crippen molar-refractivity contribution in [2.24, 2.45) is 0 Å². The number of non-ortho nitro benzene ring substituents is 1. The highest BCUT2D eigenvalue weighted by Crippen LogP contribution is 2.24. The van der Waals surface area contributed by atoms with Gasteiger partial charge in [-0.1, -0.05) is 31.5 Å². The number of hydrogen-bond acceptors (Lipinski definition) is 7. The fourth-order valence-corrected chi connectivity index (χ4v) is 2.90. The summed E-state index contributed by atoms with van der Waals surface area (Å²) in [6, 6.07) is 11.8. The van der Waals surface area contributed by atoms with Crippen LogP contribution in [0, 0.1) is 10.1 Å². The molecule has 1 N–H and O–H groups in total. The van der Waals surface area contributed by atoms with Crippen molar-refractivity contribution in [2.75, 3.05) is 18.5 Å². The van der Waals surface area contributed by atoms with Crippen molar-refractivity contribution < 1.29 is 28.8 Å². The van der Waals surface area contributed by atoms with Crippen LogP contribution in [-0.4, -0.2) is 36.0 Å². The topological polar surface area (TPSA) is 125 Å². The van der Waals surface area contributed by atoms with Crippen LogP contribution in [0.15, 0.2) is 48.5 Å². The second kappa shape index (κ2) is 12.2. The van der Waals surface area contributed by atoms with Gasteiger partial charge in [0.2, 0.25) is 0 Å². The highest BCUT2D eigenvalue weighted by Gasteiger charge is 2.26. The third-order valence-corrected chi connectivity index (χ3v) is 4.59. The Labute approximate surface area is 185 Å². The zero-order chi connectivity index (χ0) is 23.5. The molecule has 2 rings (SSSR count). The van der Waals surface area contributed by atoms with Gasteiger partial charge in [0.25, 0.3) is 11.6 Å². The molecule has 0 aliphatic carbocycles. The first kappa shape index (κ1) is 24.5. The summed E-state index contributed by atoms with van der Waals surface area (Å²) in [6.45, 7) is 4.14. The van der Waals surface area contributed by atoms with E-state index >= 15 is 0 Å². The van der Waals surface area contributed by atoms with Crippen LogP contribution in [-0.2, 0) is 19.1 Å². The maximum Gasteiger partial charge on any atom is 0.313 e. The molecule has 9 nitrogen and oxygen atoms in total. The van der Waals surface area contributed by atoms with Gasteiger partial charge in [0.15, 0.2) is 0 Å². The van der Waals surface area contributed by atoms with E-state index < -0.39 is 28.7 Å². The lowest BCUT2D eigenvalue weighted by molar-refractivity contribution is -0.384. The number of hydrogen-bond donors (Lipinski definition) is 1. The molecule has 32 heavy (non-hydrogen) atoms. The number of rotatable bonds is 11. The molecule has 2 aromatic carbocycles. The summed E-state index contributed by atoms with van der Waals surface area (Å²) in [5.74, 6) is -2.36. The van der Waals surface area contributed by atoms with Crippen molar-refractivity contribution in [1.29, 1.82) is 0 Å². The molecule has 0 saturated carbocycles. The van der Waals surface area contributed by atoms with Crippen molar-refractivity contribution in [2.45, 2.75) is 39.0 Å². The minimum absolute atomic E-state index is 0.141. The largest absolute Gasteiger partial charge is 0.466 e. The monoisotopic (exact) mass is 442 g/mol. The molecular formula is C23H26N2O7. The van der Waals surface area contributed by atoms with Crippen LogP contribution in [0.2, 0.25) is 0 Å². The summed E-state index contributed by atoms with van der Waals surface area (Å²) in [5.41, 5.74) is 0.932. The summed E-state index contributed by atoms with van der Waals surface area (Å²) in [6.07, 6.45) is 1.48. The van der Waals surface area contributed by atoms with E-state index in [-0.39, 0.29) is 24.3 Å². The Balaban J connectivity index is 2.11. The Hall–Kier alpha value is -3.75. The number of carbonyl (C=O) groups is 3. The fourth-order valence-electron chi connectivity index (χ4n) is 2.90. The average molecular weight is 442 g/mol. The fraction of sp³-hybridized carbons (Fsp3) is 0.348. The summed E-state index contributed by atoms with van der Waals surface area (Å²) < 4.78 is 10.3. The zero-order valence-corrected chi connectivity index (χ0v) is 18.0. The number of amides is 1. The lowest BCUT2D eigenvalue weighted by Gasteiger charge is -2.16. The minimum atomic E-state index is -0.828.